The summed E-state index contributed by atoms with van der Waals surface area (Å²) in [5.74, 6) is -0.0256. The lowest BCUT2D eigenvalue weighted by atomic mass is 10.1. The van der Waals surface area contributed by atoms with Crippen molar-refractivity contribution in [3.63, 3.8) is 0 Å². The molecule has 0 radical (unpaired) electrons. The lowest BCUT2D eigenvalue weighted by Gasteiger charge is -2.18. The number of anilines is 2. The number of amides is 1. The Balaban J connectivity index is 1.92. The molecular weight excluding hydrogens is 450 g/mol. The van der Waals surface area contributed by atoms with E-state index in [0.29, 0.717) is 44.0 Å². The molecule has 1 N–H and O–H groups in total. The molecule has 0 aromatic heterocycles. The summed E-state index contributed by atoms with van der Waals surface area (Å²) in [6, 6.07) is 8.77. The van der Waals surface area contributed by atoms with Gasteiger partial charge < -0.3 is 14.8 Å². The second-order valence-electron chi connectivity index (χ2n) is 7.52. The van der Waals surface area contributed by atoms with Crippen LogP contribution in [-0.4, -0.2) is 44.8 Å². The maximum absolute atomic E-state index is 12.9. The fraction of sp³-hybridized carbons (Fsp3) is 0.409. The first-order chi connectivity index (χ1) is 15.8. The van der Waals surface area contributed by atoms with E-state index in [9.17, 15) is 23.3 Å². The predicted molar refractivity (Wildman–Crippen MR) is 125 cm³/mol. The van der Waals surface area contributed by atoms with Crippen molar-refractivity contribution in [2.45, 2.75) is 33.1 Å². The van der Waals surface area contributed by atoms with E-state index in [-0.39, 0.29) is 28.4 Å². The fourth-order valence-corrected chi connectivity index (χ4v) is 4.93. The number of rotatable bonds is 10. The summed E-state index contributed by atoms with van der Waals surface area (Å²) < 4.78 is 37.0. The Kier molecular flexibility index (Phi) is 7.75. The molecule has 2 aromatic carbocycles. The highest BCUT2D eigenvalue weighted by atomic mass is 32.2. The summed E-state index contributed by atoms with van der Waals surface area (Å²) in [4.78, 5) is 24.0. The van der Waals surface area contributed by atoms with Crippen LogP contribution in [0.2, 0.25) is 0 Å². The van der Waals surface area contributed by atoms with Gasteiger partial charge in [-0.05, 0) is 37.5 Å². The quantitative estimate of drug-likeness (QED) is 0.405. The lowest BCUT2D eigenvalue weighted by Crippen LogP contribution is -2.25. The van der Waals surface area contributed by atoms with Crippen molar-refractivity contribution in [2.24, 2.45) is 0 Å². The third-order valence-corrected chi connectivity index (χ3v) is 6.80. The Labute approximate surface area is 192 Å². The minimum atomic E-state index is -3.40. The van der Waals surface area contributed by atoms with Gasteiger partial charge in [0.15, 0.2) is 11.5 Å². The summed E-state index contributed by atoms with van der Waals surface area (Å²) >= 11 is 0. The molecule has 0 bridgehead atoms. The Bertz CT molecular complexity index is 1130. The van der Waals surface area contributed by atoms with Crippen LogP contribution in [0.5, 0.6) is 11.5 Å². The highest BCUT2D eigenvalue weighted by Gasteiger charge is 2.29. The fourth-order valence-electron chi connectivity index (χ4n) is 3.38. The molecule has 0 saturated carbocycles. The Hall–Kier alpha value is -3.34. The normalized spacial score (nSPS) is 14.7. The number of carbonyl (C=O) groups is 1. The van der Waals surface area contributed by atoms with Crippen LogP contribution in [0, 0.1) is 10.1 Å². The molecule has 33 heavy (non-hydrogen) atoms. The van der Waals surface area contributed by atoms with Crippen molar-refractivity contribution in [1.29, 1.82) is 0 Å². The van der Waals surface area contributed by atoms with Crippen molar-refractivity contribution in [2.75, 3.05) is 35.1 Å². The molecule has 1 amide bonds. The second-order valence-corrected chi connectivity index (χ2v) is 9.53. The first-order valence-electron chi connectivity index (χ1n) is 10.8. The SMILES string of the molecule is CCCOc1cc(NC(=O)c2cccc(N3CCCS3(=O)=O)c2)c([N+](=O)[O-])cc1OCCC. The average molecular weight is 478 g/mol. The van der Waals surface area contributed by atoms with Gasteiger partial charge in [-0.2, -0.15) is 0 Å². The average Bonchev–Trinajstić information content (AvgIpc) is 3.15. The molecule has 11 heteroatoms. The zero-order valence-corrected chi connectivity index (χ0v) is 19.4. The van der Waals surface area contributed by atoms with Crippen molar-refractivity contribution < 1.29 is 27.6 Å². The van der Waals surface area contributed by atoms with Gasteiger partial charge in [0.1, 0.15) is 5.69 Å². The number of sulfonamides is 1. The van der Waals surface area contributed by atoms with Crippen molar-refractivity contribution in [1.82, 2.24) is 0 Å². The van der Waals surface area contributed by atoms with E-state index in [0.717, 1.165) is 6.42 Å². The summed E-state index contributed by atoms with van der Waals surface area (Å²) in [6.45, 7) is 4.92. The Morgan fingerprint density at radius 1 is 1.12 bits per heavy atom. The van der Waals surface area contributed by atoms with Crippen LogP contribution in [0.25, 0.3) is 0 Å². The van der Waals surface area contributed by atoms with E-state index >= 15 is 0 Å². The van der Waals surface area contributed by atoms with Crippen LogP contribution < -0.4 is 19.1 Å². The highest BCUT2D eigenvalue weighted by Crippen LogP contribution is 2.38. The molecule has 1 aliphatic heterocycles. The maximum Gasteiger partial charge on any atom is 0.296 e. The van der Waals surface area contributed by atoms with Crippen LogP contribution in [0.1, 0.15) is 43.5 Å². The van der Waals surface area contributed by atoms with Crippen molar-refractivity contribution in [3.05, 3.63) is 52.1 Å². The minimum Gasteiger partial charge on any atom is -0.490 e. The molecule has 1 aliphatic rings. The molecule has 0 atom stereocenters. The first-order valence-corrected chi connectivity index (χ1v) is 12.4. The summed E-state index contributed by atoms with van der Waals surface area (Å²) in [7, 11) is -3.40. The van der Waals surface area contributed by atoms with Gasteiger partial charge >= 0.3 is 0 Å². The van der Waals surface area contributed by atoms with Crippen LogP contribution in [0.3, 0.4) is 0 Å². The number of hydrogen-bond acceptors (Lipinski definition) is 7. The smallest absolute Gasteiger partial charge is 0.296 e. The number of nitro groups is 1. The second kappa shape index (κ2) is 10.5. The zero-order chi connectivity index (χ0) is 24.0. The molecule has 1 fully saturated rings. The van der Waals surface area contributed by atoms with Gasteiger partial charge in [0.2, 0.25) is 10.0 Å². The van der Waals surface area contributed by atoms with Gasteiger partial charge in [-0.25, -0.2) is 8.42 Å². The molecule has 2 aromatic rings. The number of benzene rings is 2. The van der Waals surface area contributed by atoms with E-state index in [4.69, 9.17) is 9.47 Å². The van der Waals surface area contributed by atoms with Gasteiger partial charge in [-0.15, -0.1) is 0 Å². The van der Waals surface area contributed by atoms with Crippen LogP contribution in [-0.2, 0) is 10.0 Å². The van der Waals surface area contributed by atoms with E-state index in [1.165, 1.54) is 28.6 Å². The monoisotopic (exact) mass is 477 g/mol. The Morgan fingerprint density at radius 3 is 2.36 bits per heavy atom. The Morgan fingerprint density at radius 2 is 1.79 bits per heavy atom. The molecule has 178 valence electrons. The summed E-state index contributed by atoms with van der Waals surface area (Å²) in [5, 5.41) is 14.2. The number of hydrogen-bond donors (Lipinski definition) is 1. The van der Waals surface area contributed by atoms with Crippen LogP contribution >= 0.6 is 0 Å². The minimum absolute atomic E-state index is 0.0425. The largest absolute Gasteiger partial charge is 0.490 e. The predicted octanol–water partition coefficient (Wildman–Crippen LogP) is 3.96. The van der Waals surface area contributed by atoms with E-state index < -0.39 is 20.9 Å². The van der Waals surface area contributed by atoms with E-state index in [1.54, 1.807) is 12.1 Å². The number of nitro benzene ring substituents is 1. The van der Waals surface area contributed by atoms with Crippen LogP contribution in [0.15, 0.2) is 36.4 Å². The molecule has 0 unspecified atom stereocenters. The van der Waals surface area contributed by atoms with Gasteiger partial charge in [0, 0.05) is 18.2 Å². The number of carbonyl (C=O) groups excluding carboxylic acids is 1. The molecule has 1 heterocycles. The third-order valence-electron chi connectivity index (χ3n) is 4.93. The molecular formula is C22H27N3O7S. The summed E-state index contributed by atoms with van der Waals surface area (Å²) in [5.41, 5.74) is 0.173. The van der Waals surface area contributed by atoms with Crippen molar-refractivity contribution >= 4 is 33.0 Å². The third kappa shape index (κ3) is 5.72. The number of nitrogens with zero attached hydrogens (tertiary/aromatic N) is 2. The van der Waals surface area contributed by atoms with Gasteiger partial charge in [0.05, 0.1) is 35.6 Å². The highest BCUT2D eigenvalue weighted by molar-refractivity contribution is 7.93. The lowest BCUT2D eigenvalue weighted by molar-refractivity contribution is -0.384. The van der Waals surface area contributed by atoms with Crippen LogP contribution in [0.4, 0.5) is 17.1 Å². The first kappa shape index (κ1) is 24.3. The zero-order valence-electron chi connectivity index (χ0n) is 18.6. The molecule has 0 aliphatic carbocycles. The summed E-state index contributed by atoms with van der Waals surface area (Å²) in [6.07, 6.45) is 1.94. The molecule has 3 rings (SSSR count). The van der Waals surface area contributed by atoms with E-state index in [2.05, 4.69) is 5.32 Å². The standard InChI is InChI=1S/C22H27N3O7S/c1-3-10-31-20-14-18(19(25(27)28)15-21(20)32-11-4-2)23-22(26)16-7-5-8-17(13-16)24-9-6-12-33(24,29)30/h5,7-8,13-15H,3-4,6,9-12H2,1-2H3,(H,23,26). The van der Waals surface area contributed by atoms with Gasteiger partial charge in [0.25, 0.3) is 11.6 Å². The maximum atomic E-state index is 12.9. The molecule has 0 spiro atoms. The molecule has 10 nitrogen and oxygen atoms in total. The van der Waals surface area contributed by atoms with Gasteiger partial charge in [-0.3, -0.25) is 19.2 Å². The number of ether oxygens (including phenoxy) is 2. The van der Waals surface area contributed by atoms with Gasteiger partial charge in [-0.1, -0.05) is 19.9 Å². The topological polar surface area (TPSA) is 128 Å². The van der Waals surface area contributed by atoms with Crippen molar-refractivity contribution in [3.8, 4) is 11.5 Å². The molecule has 1 saturated heterocycles. The van der Waals surface area contributed by atoms with E-state index in [1.807, 2.05) is 13.8 Å². The number of nitrogens with one attached hydrogen (secondary N) is 1.